The molecule has 0 spiro atoms. The number of nitrogens with one attached hydrogen (secondary N) is 1. The van der Waals surface area contributed by atoms with Crippen LogP contribution in [0.15, 0.2) is 29.7 Å². The van der Waals surface area contributed by atoms with Gasteiger partial charge < -0.3 is 10.1 Å². The van der Waals surface area contributed by atoms with E-state index in [0.717, 1.165) is 23.2 Å². The summed E-state index contributed by atoms with van der Waals surface area (Å²) >= 11 is 1.66. The minimum Gasteiger partial charge on any atom is -0.496 e. The van der Waals surface area contributed by atoms with Crippen molar-refractivity contribution < 1.29 is 4.74 Å². The highest BCUT2D eigenvalue weighted by atomic mass is 32.2. The third kappa shape index (κ3) is 3.98. The zero-order valence-electron chi connectivity index (χ0n) is 13.0. The topological polar surface area (TPSA) is 52.0 Å². The number of aromatic nitrogens is 3. The molecule has 0 aliphatic heterocycles. The van der Waals surface area contributed by atoms with E-state index in [0.29, 0.717) is 6.04 Å². The molecule has 5 nitrogen and oxygen atoms in total. The van der Waals surface area contributed by atoms with Gasteiger partial charge in [0.2, 0.25) is 0 Å². The molecule has 0 bridgehead atoms. The van der Waals surface area contributed by atoms with E-state index in [4.69, 9.17) is 4.74 Å². The lowest BCUT2D eigenvalue weighted by molar-refractivity contribution is 0.411. The maximum atomic E-state index is 5.46. The number of methoxy groups -OCH3 is 1. The van der Waals surface area contributed by atoms with Crippen LogP contribution in [0, 0.1) is 0 Å². The van der Waals surface area contributed by atoms with Crippen LogP contribution in [0.25, 0.3) is 0 Å². The molecule has 0 fully saturated rings. The molecule has 1 aromatic carbocycles. The average molecular weight is 306 g/mol. The van der Waals surface area contributed by atoms with Gasteiger partial charge in [0.1, 0.15) is 12.1 Å². The highest BCUT2D eigenvalue weighted by molar-refractivity contribution is 7.98. The number of benzene rings is 1. The summed E-state index contributed by atoms with van der Waals surface area (Å²) in [5, 5.41) is 8.42. The predicted molar refractivity (Wildman–Crippen MR) is 85.6 cm³/mol. The molecule has 0 radical (unpaired) electrons. The number of nitrogens with zero attached hydrogens (tertiary/aromatic N) is 3. The minimum atomic E-state index is 0.333. The molecule has 0 amide bonds. The van der Waals surface area contributed by atoms with Gasteiger partial charge in [-0.3, -0.25) is 0 Å². The molecule has 0 saturated heterocycles. The molecule has 2 aromatic rings. The molecule has 6 heteroatoms. The van der Waals surface area contributed by atoms with Crippen LogP contribution >= 0.6 is 11.8 Å². The molecule has 2 rings (SSSR count). The number of hydrogen-bond acceptors (Lipinski definition) is 5. The summed E-state index contributed by atoms with van der Waals surface area (Å²) in [5.74, 6) is 1.72. The molecule has 1 aromatic heterocycles. The third-order valence-electron chi connectivity index (χ3n) is 3.34. The van der Waals surface area contributed by atoms with E-state index in [1.807, 2.05) is 13.1 Å². The summed E-state index contributed by atoms with van der Waals surface area (Å²) in [4.78, 5) is 4.23. The van der Waals surface area contributed by atoms with Gasteiger partial charge in [-0.05, 0) is 31.2 Å². The molecule has 1 unspecified atom stereocenters. The summed E-state index contributed by atoms with van der Waals surface area (Å²) in [5.41, 5.74) is 2.44. The first-order valence-electron chi connectivity index (χ1n) is 7.02. The Morgan fingerprint density at radius 1 is 1.43 bits per heavy atom. The van der Waals surface area contributed by atoms with Gasteiger partial charge in [0.15, 0.2) is 5.16 Å². The van der Waals surface area contributed by atoms with E-state index in [-0.39, 0.29) is 0 Å². The fourth-order valence-electron chi connectivity index (χ4n) is 2.16. The van der Waals surface area contributed by atoms with Gasteiger partial charge in [-0.2, -0.15) is 5.10 Å². The van der Waals surface area contributed by atoms with Gasteiger partial charge in [0.25, 0.3) is 0 Å². The lowest BCUT2D eigenvalue weighted by atomic mass is 10.0. The van der Waals surface area contributed by atoms with Crippen molar-refractivity contribution in [2.24, 2.45) is 7.05 Å². The van der Waals surface area contributed by atoms with Crippen molar-refractivity contribution in [1.82, 2.24) is 20.1 Å². The van der Waals surface area contributed by atoms with Gasteiger partial charge in [-0.25, -0.2) is 9.67 Å². The van der Waals surface area contributed by atoms with E-state index >= 15 is 0 Å². The Balaban J connectivity index is 2.15. The molecule has 114 valence electrons. The van der Waals surface area contributed by atoms with Gasteiger partial charge >= 0.3 is 0 Å². The van der Waals surface area contributed by atoms with Crippen LogP contribution in [0.5, 0.6) is 5.75 Å². The second-order valence-electron chi connectivity index (χ2n) is 4.81. The van der Waals surface area contributed by atoms with Crippen LogP contribution in [0.1, 0.15) is 31.0 Å². The quantitative estimate of drug-likeness (QED) is 0.797. The highest BCUT2D eigenvalue weighted by Gasteiger charge is 2.11. The first-order valence-corrected chi connectivity index (χ1v) is 8.01. The van der Waals surface area contributed by atoms with E-state index < -0.39 is 0 Å². The molecule has 1 heterocycles. The number of thioether (sulfide) groups is 1. The van der Waals surface area contributed by atoms with Crippen LogP contribution in [0.3, 0.4) is 0 Å². The monoisotopic (exact) mass is 306 g/mol. The van der Waals surface area contributed by atoms with E-state index in [1.54, 1.807) is 29.9 Å². The average Bonchev–Trinajstić information content (AvgIpc) is 2.90. The van der Waals surface area contributed by atoms with E-state index in [2.05, 4.69) is 41.4 Å². The standard InChI is InChI=1S/C15H22N4OS/c1-5-16-11(2)12-6-7-14(20-4)13(8-12)9-21-15-17-10-18-19(15)3/h6-8,10-11,16H,5,9H2,1-4H3. The largest absolute Gasteiger partial charge is 0.496 e. The molecule has 0 saturated carbocycles. The predicted octanol–water partition coefficient (Wildman–Crippen LogP) is 2.79. The van der Waals surface area contributed by atoms with Crippen molar-refractivity contribution in [1.29, 1.82) is 0 Å². The second-order valence-corrected chi connectivity index (χ2v) is 5.75. The maximum Gasteiger partial charge on any atom is 0.186 e. The maximum absolute atomic E-state index is 5.46. The highest BCUT2D eigenvalue weighted by Crippen LogP contribution is 2.29. The summed E-state index contributed by atoms with van der Waals surface area (Å²) < 4.78 is 7.24. The lowest BCUT2D eigenvalue weighted by Gasteiger charge is -2.16. The smallest absolute Gasteiger partial charge is 0.186 e. The zero-order chi connectivity index (χ0) is 15.2. The number of ether oxygens (including phenoxy) is 1. The molecular formula is C15H22N4OS. The first-order chi connectivity index (χ1) is 10.2. The molecule has 0 aliphatic rings. The summed E-state index contributed by atoms with van der Waals surface area (Å²) in [6, 6.07) is 6.69. The second kappa shape index (κ2) is 7.47. The SMILES string of the molecule is CCNC(C)c1ccc(OC)c(CSc2ncnn2C)c1. The number of rotatable bonds is 7. The van der Waals surface area contributed by atoms with Crippen LogP contribution < -0.4 is 10.1 Å². The Morgan fingerprint density at radius 2 is 2.24 bits per heavy atom. The van der Waals surface area contributed by atoms with Crippen molar-refractivity contribution in [2.45, 2.75) is 30.8 Å². The Labute approximate surface area is 130 Å². The molecule has 0 aliphatic carbocycles. The van der Waals surface area contributed by atoms with E-state index in [9.17, 15) is 0 Å². The van der Waals surface area contributed by atoms with Crippen LogP contribution in [-0.4, -0.2) is 28.4 Å². The van der Waals surface area contributed by atoms with Gasteiger partial charge in [-0.15, -0.1) is 0 Å². The first kappa shape index (κ1) is 15.9. The van der Waals surface area contributed by atoms with Crippen molar-refractivity contribution in [3.05, 3.63) is 35.7 Å². The van der Waals surface area contributed by atoms with Gasteiger partial charge in [0, 0.05) is 24.4 Å². The van der Waals surface area contributed by atoms with Crippen molar-refractivity contribution in [2.75, 3.05) is 13.7 Å². The van der Waals surface area contributed by atoms with Crippen molar-refractivity contribution in [3.63, 3.8) is 0 Å². The summed E-state index contributed by atoms with van der Waals surface area (Å²) in [7, 11) is 3.61. The van der Waals surface area contributed by atoms with Crippen molar-refractivity contribution in [3.8, 4) is 5.75 Å². The molecule has 21 heavy (non-hydrogen) atoms. The zero-order valence-corrected chi connectivity index (χ0v) is 13.8. The van der Waals surface area contributed by atoms with Crippen LogP contribution in [0.4, 0.5) is 0 Å². The van der Waals surface area contributed by atoms with Crippen molar-refractivity contribution >= 4 is 11.8 Å². The van der Waals surface area contributed by atoms with Crippen LogP contribution in [-0.2, 0) is 12.8 Å². The van der Waals surface area contributed by atoms with Crippen LogP contribution in [0.2, 0.25) is 0 Å². The fraction of sp³-hybridized carbons (Fsp3) is 0.467. The number of aryl methyl sites for hydroxylation is 1. The third-order valence-corrected chi connectivity index (χ3v) is 4.42. The molecular weight excluding hydrogens is 284 g/mol. The molecule has 1 N–H and O–H groups in total. The number of hydrogen-bond donors (Lipinski definition) is 1. The van der Waals surface area contributed by atoms with Gasteiger partial charge in [-0.1, -0.05) is 24.8 Å². The van der Waals surface area contributed by atoms with E-state index in [1.165, 1.54) is 11.1 Å². The molecule has 1 atom stereocenters. The Bertz CT molecular complexity index is 585. The lowest BCUT2D eigenvalue weighted by Crippen LogP contribution is -2.17. The summed E-state index contributed by atoms with van der Waals surface area (Å²) in [6.07, 6.45) is 1.57. The minimum absolute atomic E-state index is 0.333. The normalized spacial score (nSPS) is 12.4. The Morgan fingerprint density at radius 3 is 2.86 bits per heavy atom. The summed E-state index contributed by atoms with van der Waals surface area (Å²) in [6.45, 7) is 5.24. The Hall–Kier alpha value is -1.53. The Kier molecular flexibility index (Phi) is 5.64. The van der Waals surface area contributed by atoms with Gasteiger partial charge in [0.05, 0.1) is 7.11 Å². The fourth-order valence-corrected chi connectivity index (χ4v) is 3.03.